The number of benzene rings is 1. The molecular weight excluding hydrogens is 156 g/mol. The molecule has 0 heterocycles. The van der Waals surface area contributed by atoms with Crippen LogP contribution < -0.4 is 11.5 Å². The van der Waals surface area contributed by atoms with E-state index in [4.69, 9.17) is 16.6 Å². The Balaban J connectivity index is 3.31. The van der Waals surface area contributed by atoms with E-state index in [9.17, 15) is 4.79 Å². The van der Waals surface area contributed by atoms with Crippen LogP contribution in [0.3, 0.4) is 0 Å². The smallest absolute Gasteiger partial charge is 0.335 e. The highest BCUT2D eigenvalue weighted by molar-refractivity contribution is 5.91. The molecule has 1 aromatic rings. The van der Waals surface area contributed by atoms with Gasteiger partial charge in [-0.1, -0.05) is 0 Å². The number of aromatic carboxylic acids is 1. The lowest BCUT2D eigenvalue weighted by Gasteiger charge is -2.04. The first-order chi connectivity index (χ1) is 5.52. The summed E-state index contributed by atoms with van der Waals surface area (Å²) in [5, 5.41) is 8.63. The minimum Gasteiger partial charge on any atom is -0.478 e. The van der Waals surface area contributed by atoms with Crippen molar-refractivity contribution in [1.29, 1.82) is 0 Å². The summed E-state index contributed by atoms with van der Waals surface area (Å²) in [6.45, 7) is 1.72. The van der Waals surface area contributed by atoms with Crippen LogP contribution in [0.5, 0.6) is 0 Å². The van der Waals surface area contributed by atoms with E-state index in [1.165, 1.54) is 12.1 Å². The van der Waals surface area contributed by atoms with E-state index in [1.54, 1.807) is 6.92 Å². The third-order valence-electron chi connectivity index (χ3n) is 1.67. The number of hydrogen-bond donors (Lipinski definition) is 3. The molecule has 1 aromatic carbocycles. The Kier molecular flexibility index (Phi) is 1.91. The van der Waals surface area contributed by atoms with Crippen molar-refractivity contribution in [2.75, 3.05) is 11.5 Å². The van der Waals surface area contributed by atoms with Crippen molar-refractivity contribution >= 4 is 17.3 Å². The first kappa shape index (κ1) is 8.39. The van der Waals surface area contributed by atoms with Crippen molar-refractivity contribution in [1.82, 2.24) is 0 Å². The molecule has 0 aliphatic heterocycles. The zero-order chi connectivity index (χ0) is 9.30. The van der Waals surface area contributed by atoms with Crippen LogP contribution in [0.25, 0.3) is 0 Å². The summed E-state index contributed by atoms with van der Waals surface area (Å²) >= 11 is 0. The van der Waals surface area contributed by atoms with Crippen LogP contribution in [-0.4, -0.2) is 11.1 Å². The Morgan fingerprint density at radius 3 is 2.42 bits per heavy atom. The van der Waals surface area contributed by atoms with Gasteiger partial charge in [-0.25, -0.2) is 4.79 Å². The standard InChI is InChI=1S/C8H10N2O2/c1-4-2-5(8(11)12)3-6(9)7(4)10/h2-3H,9-10H2,1H3,(H,11,12). The maximum atomic E-state index is 10.5. The second-order valence-electron chi connectivity index (χ2n) is 2.60. The number of aryl methyl sites for hydroxylation is 1. The van der Waals surface area contributed by atoms with E-state index in [0.717, 1.165) is 0 Å². The Morgan fingerprint density at radius 2 is 2.00 bits per heavy atom. The van der Waals surface area contributed by atoms with Gasteiger partial charge in [0.25, 0.3) is 0 Å². The van der Waals surface area contributed by atoms with E-state index in [-0.39, 0.29) is 5.56 Å². The second-order valence-corrected chi connectivity index (χ2v) is 2.60. The van der Waals surface area contributed by atoms with Crippen molar-refractivity contribution < 1.29 is 9.90 Å². The van der Waals surface area contributed by atoms with Gasteiger partial charge in [0.15, 0.2) is 0 Å². The fraction of sp³-hybridized carbons (Fsp3) is 0.125. The third-order valence-corrected chi connectivity index (χ3v) is 1.67. The van der Waals surface area contributed by atoms with Crippen LogP contribution in [0.2, 0.25) is 0 Å². The van der Waals surface area contributed by atoms with Gasteiger partial charge in [0.05, 0.1) is 16.9 Å². The normalized spacial score (nSPS) is 9.75. The number of nitrogen functional groups attached to an aromatic ring is 2. The molecule has 0 saturated heterocycles. The third kappa shape index (κ3) is 1.32. The number of nitrogens with two attached hydrogens (primary N) is 2. The van der Waals surface area contributed by atoms with Gasteiger partial charge in [-0.05, 0) is 24.6 Å². The first-order valence-corrected chi connectivity index (χ1v) is 3.41. The number of carbonyl (C=O) groups is 1. The number of rotatable bonds is 1. The molecule has 0 fully saturated rings. The molecule has 0 saturated carbocycles. The van der Waals surface area contributed by atoms with Gasteiger partial charge in [-0.15, -0.1) is 0 Å². The molecular formula is C8H10N2O2. The van der Waals surface area contributed by atoms with Crippen LogP contribution in [0.15, 0.2) is 12.1 Å². The number of carboxylic acid groups (broad SMARTS) is 1. The Morgan fingerprint density at radius 1 is 1.42 bits per heavy atom. The minimum absolute atomic E-state index is 0.166. The van der Waals surface area contributed by atoms with Crippen LogP contribution in [0.4, 0.5) is 11.4 Å². The maximum absolute atomic E-state index is 10.5. The van der Waals surface area contributed by atoms with E-state index < -0.39 is 5.97 Å². The lowest BCUT2D eigenvalue weighted by atomic mass is 10.1. The predicted molar refractivity (Wildman–Crippen MR) is 47.0 cm³/mol. The Hall–Kier alpha value is -1.71. The summed E-state index contributed by atoms with van der Waals surface area (Å²) in [6.07, 6.45) is 0. The summed E-state index contributed by atoms with van der Waals surface area (Å²) in [5.74, 6) is -0.996. The Bertz CT molecular complexity index is 311. The van der Waals surface area contributed by atoms with Crippen LogP contribution in [0.1, 0.15) is 15.9 Å². The summed E-state index contributed by atoms with van der Waals surface area (Å²) in [4.78, 5) is 10.5. The summed E-state index contributed by atoms with van der Waals surface area (Å²) < 4.78 is 0. The van der Waals surface area contributed by atoms with Crippen molar-refractivity contribution in [2.24, 2.45) is 0 Å². The van der Waals surface area contributed by atoms with E-state index in [2.05, 4.69) is 0 Å². The lowest BCUT2D eigenvalue weighted by Crippen LogP contribution is -2.03. The van der Waals surface area contributed by atoms with Gasteiger partial charge in [0.2, 0.25) is 0 Å². The highest BCUT2D eigenvalue weighted by atomic mass is 16.4. The summed E-state index contributed by atoms with van der Waals surface area (Å²) in [6, 6.07) is 2.85. The molecule has 0 aliphatic carbocycles. The number of carboxylic acids is 1. The lowest BCUT2D eigenvalue weighted by molar-refractivity contribution is 0.0697. The van der Waals surface area contributed by atoms with Crippen molar-refractivity contribution in [3.63, 3.8) is 0 Å². The highest BCUT2D eigenvalue weighted by Crippen LogP contribution is 2.21. The van der Waals surface area contributed by atoms with E-state index in [0.29, 0.717) is 16.9 Å². The zero-order valence-electron chi connectivity index (χ0n) is 6.66. The van der Waals surface area contributed by atoms with Crippen LogP contribution in [0, 0.1) is 6.92 Å². The van der Waals surface area contributed by atoms with Gasteiger partial charge in [-0.3, -0.25) is 0 Å². The van der Waals surface area contributed by atoms with Gasteiger partial charge in [0, 0.05) is 0 Å². The fourth-order valence-corrected chi connectivity index (χ4v) is 0.949. The first-order valence-electron chi connectivity index (χ1n) is 3.41. The fourth-order valence-electron chi connectivity index (χ4n) is 0.949. The maximum Gasteiger partial charge on any atom is 0.335 e. The average Bonchev–Trinajstić information content (AvgIpc) is 1.99. The minimum atomic E-state index is -0.996. The summed E-state index contributed by atoms with van der Waals surface area (Å²) in [5.41, 5.74) is 12.6. The number of hydrogen-bond acceptors (Lipinski definition) is 3. The van der Waals surface area contributed by atoms with Crippen LogP contribution in [-0.2, 0) is 0 Å². The van der Waals surface area contributed by atoms with Gasteiger partial charge in [0.1, 0.15) is 0 Å². The predicted octanol–water partition coefficient (Wildman–Crippen LogP) is 0.858. The molecule has 4 nitrogen and oxygen atoms in total. The average molecular weight is 166 g/mol. The number of anilines is 2. The van der Waals surface area contributed by atoms with E-state index >= 15 is 0 Å². The monoisotopic (exact) mass is 166 g/mol. The molecule has 0 atom stereocenters. The zero-order valence-corrected chi connectivity index (χ0v) is 6.66. The molecule has 0 unspecified atom stereocenters. The van der Waals surface area contributed by atoms with Crippen molar-refractivity contribution in [3.8, 4) is 0 Å². The molecule has 5 N–H and O–H groups in total. The van der Waals surface area contributed by atoms with Gasteiger partial charge < -0.3 is 16.6 Å². The second kappa shape index (κ2) is 2.73. The van der Waals surface area contributed by atoms with Gasteiger partial charge >= 0.3 is 5.97 Å². The molecule has 0 radical (unpaired) electrons. The quantitative estimate of drug-likeness (QED) is 0.540. The molecule has 64 valence electrons. The van der Waals surface area contributed by atoms with E-state index in [1.807, 2.05) is 0 Å². The molecule has 0 bridgehead atoms. The Labute approximate surface area is 69.8 Å². The molecule has 0 aliphatic rings. The molecule has 0 aromatic heterocycles. The van der Waals surface area contributed by atoms with Crippen molar-refractivity contribution in [2.45, 2.75) is 6.92 Å². The molecule has 0 spiro atoms. The molecule has 0 amide bonds. The largest absolute Gasteiger partial charge is 0.478 e. The molecule has 4 heteroatoms. The highest BCUT2D eigenvalue weighted by Gasteiger charge is 2.06. The van der Waals surface area contributed by atoms with Crippen LogP contribution >= 0.6 is 0 Å². The van der Waals surface area contributed by atoms with Crippen molar-refractivity contribution in [3.05, 3.63) is 23.3 Å². The molecule has 1 rings (SSSR count). The topological polar surface area (TPSA) is 89.3 Å². The van der Waals surface area contributed by atoms with Gasteiger partial charge in [-0.2, -0.15) is 0 Å². The summed E-state index contributed by atoms with van der Waals surface area (Å²) in [7, 11) is 0. The SMILES string of the molecule is Cc1cc(C(=O)O)cc(N)c1N. The molecule has 12 heavy (non-hydrogen) atoms.